The largest absolute Gasteiger partial charge is 0.388 e. The zero-order valence-electron chi connectivity index (χ0n) is 12.5. The highest BCUT2D eigenvalue weighted by Gasteiger charge is 2.53. The smallest absolute Gasteiger partial charge is 0.217 e. The minimum absolute atomic E-state index is 0.0581. The van der Waals surface area contributed by atoms with Gasteiger partial charge in [-0.3, -0.25) is 0 Å². The first-order chi connectivity index (χ1) is 11.1. The van der Waals surface area contributed by atoms with Crippen molar-refractivity contribution in [3.05, 3.63) is 53.4 Å². The Hall–Kier alpha value is -1.70. The van der Waals surface area contributed by atoms with Crippen LogP contribution in [0.15, 0.2) is 40.9 Å². The molecule has 2 heterocycles. The van der Waals surface area contributed by atoms with Crippen LogP contribution in [0.4, 0.5) is 0 Å². The summed E-state index contributed by atoms with van der Waals surface area (Å²) in [4.78, 5) is 0. The number of sulfonamides is 1. The van der Waals surface area contributed by atoms with Gasteiger partial charge in [0.2, 0.25) is 10.0 Å². The fraction of sp³-hybridized carbons (Fsp3) is 0.438. The Morgan fingerprint density at radius 2 is 2.00 bits per heavy atom. The van der Waals surface area contributed by atoms with Crippen LogP contribution in [0.3, 0.4) is 0 Å². The molecule has 1 saturated carbocycles. The van der Waals surface area contributed by atoms with E-state index in [9.17, 15) is 8.42 Å². The topological polar surface area (TPSA) is 83.6 Å². The summed E-state index contributed by atoms with van der Waals surface area (Å²) in [6.07, 6.45) is 0.701. The molecule has 4 rings (SSSR count). The number of aromatic nitrogens is 1. The van der Waals surface area contributed by atoms with E-state index < -0.39 is 10.0 Å². The third-order valence-corrected chi connectivity index (χ3v) is 7.01. The van der Waals surface area contributed by atoms with E-state index in [4.69, 9.17) is 9.63 Å². The molecule has 0 spiro atoms. The highest BCUT2D eigenvalue weighted by atomic mass is 32.2. The monoisotopic (exact) mass is 334 g/mol. The lowest BCUT2D eigenvalue weighted by molar-refractivity contribution is 0.223. The van der Waals surface area contributed by atoms with Gasteiger partial charge >= 0.3 is 0 Å². The van der Waals surface area contributed by atoms with Crippen molar-refractivity contribution >= 4 is 10.0 Å². The number of nitrogens with zero attached hydrogens (tertiary/aromatic N) is 2. The van der Waals surface area contributed by atoms with Gasteiger partial charge in [-0.2, -0.15) is 0 Å². The summed E-state index contributed by atoms with van der Waals surface area (Å²) in [7, 11) is -3.24. The molecule has 1 saturated heterocycles. The molecule has 2 unspecified atom stereocenters. The predicted octanol–water partition coefficient (Wildman–Crippen LogP) is 1.45. The average Bonchev–Trinajstić information content (AvgIpc) is 3.20. The van der Waals surface area contributed by atoms with Crippen LogP contribution in [-0.4, -0.2) is 41.3 Å². The molecule has 7 heteroatoms. The van der Waals surface area contributed by atoms with Crippen LogP contribution in [0.25, 0.3) is 0 Å². The normalized spacial score (nSPS) is 25.3. The first-order valence-electron chi connectivity index (χ1n) is 7.70. The number of benzene rings is 1. The number of aliphatic hydroxyl groups is 1. The second kappa shape index (κ2) is 5.43. The first kappa shape index (κ1) is 14.9. The van der Waals surface area contributed by atoms with E-state index >= 15 is 0 Å². The summed E-state index contributed by atoms with van der Waals surface area (Å²) in [6, 6.07) is 11.5. The molecule has 1 aliphatic carbocycles. The SMILES string of the molecule is O=S(=O)(C1CC1c1ccccc1)N1CC(c2cc(CO)on2)C1. The maximum Gasteiger partial charge on any atom is 0.217 e. The van der Waals surface area contributed by atoms with Gasteiger partial charge < -0.3 is 9.63 Å². The predicted molar refractivity (Wildman–Crippen MR) is 83.2 cm³/mol. The molecular weight excluding hydrogens is 316 g/mol. The van der Waals surface area contributed by atoms with Crippen molar-refractivity contribution in [1.29, 1.82) is 0 Å². The standard InChI is InChI=1S/C16H18N2O4S/c19-10-13-6-15(17-22-13)12-8-18(9-12)23(20,21)16-7-14(16)11-4-2-1-3-5-11/h1-6,12,14,16,19H,7-10H2. The van der Waals surface area contributed by atoms with Crippen molar-refractivity contribution in [3.63, 3.8) is 0 Å². The molecule has 1 N–H and O–H groups in total. The second-order valence-electron chi connectivity index (χ2n) is 6.23. The molecular formula is C16H18N2O4S. The molecule has 6 nitrogen and oxygen atoms in total. The summed E-state index contributed by atoms with van der Waals surface area (Å²) in [5.74, 6) is 0.587. The van der Waals surface area contributed by atoms with E-state index in [0.717, 1.165) is 11.3 Å². The van der Waals surface area contributed by atoms with E-state index in [2.05, 4.69) is 5.16 Å². The van der Waals surface area contributed by atoms with E-state index in [0.29, 0.717) is 25.3 Å². The number of aliphatic hydroxyl groups excluding tert-OH is 1. The Bertz CT molecular complexity index is 796. The van der Waals surface area contributed by atoms with Crippen LogP contribution in [0, 0.1) is 0 Å². The summed E-state index contributed by atoms with van der Waals surface area (Å²) in [6.45, 7) is 0.693. The molecule has 1 aliphatic heterocycles. The van der Waals surface area contributed by atoms with Gasteiger partial charge in [0.25, 0.3) is 0 Å². The third-order valence-electron chi connectivity index (χ3n) is 4.70. The van der Waals surface area contributed by atoms with Crippen molar-refractivity contribution in [2.24, 2.45) is 0 Å². The fourth-order valence-corrected chi connectivity index (χ4v) is 5.35. The van der Waals surface area contributed by atoms with Gasteiger partial charge in [0.1, 0.15) is 6.61 Å². The molecule has 2 atom stereocenters. The minimum atomic E-state index is -3.24. The van der Waals surface area contributed by atoms with Gasteiger partial charge in [-0.05, 0) is 12.0 Å². The van der Waals surface area contributed by atoms with Crippen molar-refractivity contribution < 1.29 is 18.0 Å². The van der Waals surface area contributed by atoms with Crippen LogP contribution in [0.2, 0.25) is 0 Å². The summed E-state index contributed by atoms with van der Waals surface area (Å²) < 4.78 is 31.8. The van der Waals surface area contributed by atoms with Gasteiger partial charge in [-0.1, -0.05) is 35.5 Å². The molecule has 0 amide bonds. The average molecular weight is 334 g/mol. The van der Waals surface area contributed by atoms with Crippen molar-refractivity contribution in [1.82, 2.24) is 9.46 Å². The van der Waals surface area contributed by atoms with E-state index in [1.807, 2.05) is 30.3 Å². The van der Waals surface area contributed by atoms with Gasteiger partial charge in [0.15, 0.2) is 5.76 Å². The Balaban J connectivity index is 1.40. The van der Waals surface area contributed by atoms with Crippen molar-refractivity contribution in [3.8, 4) is 0 Å². The highest BCUT2D eigenvalue weighted by Crippen LogP contribution is 2.48. The molecule has 2 fully saturated rings. The zero-order chi connectivity index (χ0) is 16.0. The number of rotatable bonds is 5. The van der Waals surface area contributed by atoms with Gasteiger partial charge in [0, 0.05) is 31.0 Å². The molecule has 0 bridgehead atoms. The zero-order valence-corrected chi connectivity index (χ0v) is 13.3. The van der Waals surface area contributed by atoms with E-state index in [1.54, 1.807) is 10.4 Å². The van der Waals surface area contributed by atoms with E-state index in [-0.39, 0.29) is 23.7 Å². The lowest BCUT2D eigenvalue weighted by Gasteiger charge is -2.37. The molecule has 0 radical (unpaired) electrons. The maximum absolute atomic E-state index is 12.6. The van der Waals surface area contributed by atoms with Gasteiger partial charge in [0.05, 0.1) is 10.9 Å². The Morgan fingerprint density at radius 1 is 1.26 bits per heavy atom. The van der Waals surface area contributed by atoms with Crippen molar-refractivity contribution in [2.75, 3.05) is 13.1 Å². The van der Waals surface area contributed by atoms with E-state index in [1.165, 1.54) is 0 Å². The second-order valence-corrected chi connectivity index (χ2v) is 8.38. The molecule has 23 heavy (non-hydrogen) atoms. The maximum atomic E-state index is 12.6. The highest BCUT2D eigenvalue weighted by molar-refractivity contribution is 7.90. The molecule has 2 aliphatic rings. The Kier molecular flexibility index (Phi) is 3.51. The van der Waals surface area contributed by atoms with Crippen LogP contribution >= 0.6 is 0 Å². The lowest BCUT2D eigenvalue weighted by atomic mass is 9.99. The fourth-order valence-electron chi connectivity index (χ4n) is 3.17. The van der Waals surface area contributed by atoms with Crippen molar-refractivity contribution in [2.45, 2.75) is 30.1 Å². The number of hydrogen-bond acceptors (Lipinski definition) is 5. The molecule has 1 aromatic heterocycles. The summed E-state index contributed by atoms with van der Waals surface area (Å²) in [5.41, 5.74) is 1.82. The molecule has 1 aromatic carbocycles. The summed E-state index contributed by atoms with van der Waals surface area (Å²) >= 11 is 0. The summed E-state index contributed by atoms with van der Waals surface area (Å²) in [5, 5.41) is 12.6. The van der Waals surface area contributed by atoms with Gasteiger partial charge in [-0.15, -0.1) is 0 Å². The van der Waals surface area contributed by atoms with Crippen LogP contribution in [-0.2, 0) is 16.6 Å². The first-order valence-corrected chi connectivity index (χ1v) is 9.20. The quantitative estimate of drug-likeness (QED) is 0.895. The molecule has 2 aromatic rings. The van der Waals surface area contributed by atoms with Crippen LogP contribution < -0.4 is 0 Å². The minimum Gasteiger partial charge on any atom is -0.388 e. The van der Waals surface area contributed by atoms with Crippen LogP contribution in [0.1, 0.15) is 35.3 Å². The lowest BCUT2D eigenvalue weighted by Crippen LogP contribution is -2.49. The third kappa shape index (κ3) is 2.58. The van der Waals surface area contributed by atoms with Crippen LogP contribution in [0.5, 0.6) is 0 Å². The Labute approximate surface area is 134 Å². The Morgan fingerprint density at radius 3 is 2.65 bits per heavy atom. The number of hydrogen-bond donors (Lipinski definition) is 1. The molecule has 122 valence electrons. The van der Waals surface area contributed by atoms with Gasteiger partial charge in [-0.25, -0.2) is 12.7 Å².